The van der Waals surface area contributed by atoms with E-state index in [9.17, 15) is 18.0 Å². The van der Waals surface area contributed by atoms with E-state index in [1.807, 2.05) is 6.92 Å². The first-order valence-corrected chi connectivity index (χ1v) is 11.3. The molecule has 2 atom stereocenters. The topological polar surface area (TPSA) is 90.7 Å². The lowest BCUT2D eigenvalue weighted by Gasteiger charge is -2.35. The number of aryl methyl sites for hydroxylation is 1. The molecule has 3 aliphatic heterocycles. The number of hydrogen-bond donors (Lipinski definition) is 1. The molecule has 0 aromatic carbocycles. The van der Waals surface area contributed by atoms with Crippen LogP contribution in [0.5, 0.6) is 0 Å². The number of nitrogens with zero attached hydrogens (tertiary/aromatic N) is 5. The molecule has 8 nitrogen and oxygen atoms in total. The van der Waals surface area contributed by atoms with Gasteiger partial charge in [-0.1, -0.05) is 0 Å². The van der Waals surface area contributed by atoms with Crippen LogP contribution in [0.4, 0.5) is 13.2 Å². The molecule has 0 saturated carbocycles. The molecule has 0 radical (unpaired) electrons. The highest BCUT2D eigenvalue weighted by Crippen LogP contribution is 2.36. The fraction of sp³-hybridized carbons (Fsp3) is 0.522. The van der Waals surface area contributed by atoms with Gasteiger partial charge in [0.2, 0.25) is 5.76 Å². The van der Waals surface area contributed by atoms with Crippen molar-refractivity contribution in [2.75, 3.05) is 19.6 Å². The fourth-order valence-electron chi connectivity index (χ4n) is 4.68. The smallest absolute Gasteiger partial charge is 0.450 e. The molecule has 0 aliphatic carbocycles. The average Bonchev–Trinajstić information content (AvgIpc) is 3.40. The van der Waals surface area contributed by atoms with Crippen molar-refractivity contribution < 1.29 is 22.4 Å². The van der Waals surface area contributed by atoms with Crippen LogP contribution in [0.25, 0.3) is 0 Å². The van der Waals surface area contributed by atoms with Gasteiger partial charge in [0.1, 0.15) is 11.6 Å². The van der Waals surface area contributed by atoms with Crippen molar-refractivity contribution in [1.82, 2.24) is 14.8 Å². The van der Waals surface area contributed by atoms with Gasteiger partial charge in [-0.05, 0) is 51.7 Å². The van der Waals surface area contributed by atoms with Gasteiger partial charge in [0.25, 0.3) is 5.91 Å². The number of likely N-dealkylation sites (tertiary alicyclic amines) is 2. The molecule has 2 N–H and O–H groups in total. The van der Waals surface area contributed by atoms with Crippen LogP contribution >= 0.6 is 0 Å². The summed E-state index contributed by atoms with van der Waals surface area (Å²) < 4.78 is 45.3. The minimum Gasteiger partial charge on any atom is -0.456 e. The number of alkyl halides is 3. The number of carbonyl (C=O) groups excluding carboxylic acids is 1. The molecule has 2 saturated heterocycles. The lowest BCUT2D eigenvalue weighted by Crippen LogP contribution is -2.43. The van der Waals surface area contributed by atoms with Crippen molar-refractivity contribution in [1.29, 1.82) is 0 Å². The van der Waals surface area contributed by atoms with Crippen LogP contribution in [-0.4, -0.2) is 65.0 Å². The Balaban J connectivity index is 1.67. The zero-order valence-corrected chi connectivity index (χ0v) is 19.3. The highest BCUT2D eigenvalue weighted by Gasteiger charge is 2.42. The van der Waals surface area contributed by atoms with Gasteiger partial charge in [-0.25, -0.2) is 10.0 Å². The molecule has 11 heteroatoms. The van der Waals surface area contributed by atoms with Crippen LogP contribution in [0.1, 0.15) is 54.5 Å². The minimum absolute atomic E-state index is 0.0376. The largest absolute Gasteiger partial charge is 0.456 e. The van der Waals surface area contributed by atoms with Crippen LogP contribution in [0, 0.1) is 6.92 Å². The van der Waals surface area contributed by atoms with Crippen molar-refractivity contribution in [3.8, 4) is 0 Å². The monoisotopic (exact) mass is 478 g/mol. The van der Waals surface area contributed by atoms with E-state index in [-0.39, 0.29) is 11.8 Å². The third kappa shape index (κ3) is 4.75. The molecule has 1 unspecified atom stereocenters. The van der Waals surface area contributed by atoms with Crippen LogP contribution < -0.4 is 5.73 Å². The van der Waals surface area contributed by atoms with Gasteiger partial charge >= 0.3 is 6.18 Å². The summed E-state index contributed by atoms with van der Waals surface area (Å²) in [6.07, 6.45) is 1.83. The Bertz CT molecular complexity index is 1060. The molecule has 184 valence electrons. The van der Waals surface area contributed by atoms with Crippen LogP contribution in [0.15, 0.2) is 44.2 Å². The Hall–Kier alpha value is -3.08. The number of amides is 1. The average molecular weight is 479 g/mol. The lowest BCUT2D eigenvalue weighted by molar-refractivity contribution is -0.153. The minimum atomic E-state index is -4.76. The number of carbonyl (C=O) groups is 1. The predicted molar refractivity (Wildman–Crippen MR) is 122 cm³/mol. The molecular formula is C23H29F3N6O2. The highest BCUT2D eigenvalue weighted by atomic mass is 19.4. The van der Waals surface area contributed by atoms with Gasteiger partial charge in [0.15, 0.2) is 5.82 Å². The number of nitrogens with two attached hydrogens (primary N) is 1. The summed E-state index contributed by atoms with van der Waals surface area (Å²) in [7, 11) is 0. The van der Waals surface area contributed by atoms with Gasteiger partial charge in [0, 0.05) is 44.2 Å². The SMILES string of the molecule is C=NN1C=C(C)C(N2CC[C@H](N)C2)=N/C1=C/C1CCCCN1C(=O)c1cc(C)oc1C(F)(F)F. The molecular weight excluding hydrogens is 449 g/mol. The van der Waals surface area contributed by atoms with E-state index in [0.717, 1.165) is 36.9 Å². The van der Waals surface area contributed by atoms with Crippen LogP contribution in [-0.2, 0) is 6.18 Å². The zero-order chi connectivity index (χ0) is 24.6. The van der Waals surface area contributed by atoms with E-state index in [2.05, 4.69) is 16.7 Å². The molecule has 4 rings (SSSR count). The number of aliphatic imine (C=N–C) groups is 1. The maximum absolute atomic E-state index is 13.5. The maximum atomic E-state index is 13.5. The number of furan rings is 1. The molecule has 0 bridgehead atoms. The second kappa shape index (κ2) is 9.28. The quantitative estimate of drug-likeness (QED) is 0.669. The Kier molecular flexibility index (Phi) is 6.57. The first kappa shape index (κ1) is 24.1. The molecule has 0 spiro atoms. The lowest BCUT2D eigenvalue weighted by atomic mass is 10.00. The summed E-state index contributed by atoms with van der Waals surface area (Å²) in [5, 5.41) is 5.54. The molecule has 1 aromatic rings. The van der Waals surface area contributed by atoms with E-state index in [0.29, 0.717) is 31.8 Å². The predicted octanol–water partition coefficient (Wildman–Crippen LogP) is 3.71. The summed E-state index contributed by atoms with van der Waals surface area (Å²) in [6, 6.07) is 0.779. The molecule has 3 aliphatic rings. The van der Waals surface area contributed by atoms with Crippen LogP contribution in [0.3, 0.4) is 0 Å². The van der Waals surface area contributed by atoms with Gasteiger partial charge < -0.3 is 20.0 Å². The third-order valence-electron chi connectivity index (χ3n) is 6.30. The Labute approximate surface area is 196 Å². The van der Waals surface area contributed by atoms with Gasteiger partial charge in [-0.3, -0.25) is 4.79 Å². The van der Waals surface area contributed by atoms with Crippen molar-refractivity contribution in [2.45, 2.75) is 57.8 Å². The van der Waals surface area contributed by atoms with E-state index >= 15 is 0 Å². The summed E-state index contributed by atoms with van der Waals surface area (Å²) in [5.74, 6) is -0.683. The van der Waals surface area contributed by atoms with Gasteiger partial charge in [0.05, 0.1) is 11.6 Å². The number of rotatable bonds is 3. The van der Waals surface area contributed by atoms with Crippen LogP contribution in [0.2, 0.25) is 0 Å². The zero-order valence-electron chi connectivity index (χ0n) is 19.3. The number of piperidine rings is 1. The second-order valence-electron chi connectivity index (χ2n) is 8.91. The Morgan fingerprint density at radius 2 is 2.06 bits per heavy atom. The Morgan fingerprint density at radius 3 is 2.71 bits per heavy atom. The fourth-order valence-corrected chi connectivity index (χ4v) is 4.68. The third-order valence-corrected chi connectivity index (χ3v) is 6.30. The summed E-state index contributed by atoms with van der Waals surface area (Å²) in [6.45, 7) is 8.74. The van der Waals surface area contributed by atoms with Gasteiger partial charge in [-0.15, -0.1) is 0 Å². The number of amidine groups is 1. The van der Waals surface area contributed by atoms with Gasteiger partial charge in [-0.2, -0.15) is 18.3 Å². The molecule has 2 fully saturated rings. The standard InChI is InChI=1S/C23H29F3N6O2/c1-14-12-32(28-3)19(29-21(14)30-9-7-16(27)13-30)11-17-6-4-5-8-31(17)22(33)18-10-15(2)34-20(18)23(24,25)26/h10-12,16-17H,3-9,13,27H2,1-2H3/b19-11-/t16-,17?/m0/s1. The van der Waals surface area contributed by atoms with Crippen molar-refractivity contribution >= 4 is 18.5 Å². The normalized spacial score (nSPS) is 25.0. The number of hydrazone groups is 1. The van der Waals surface area contributed by atoms with E-state index in [1.165, 1.54) is 16.8 Å². The number of halogens is 3. The second-order valence-corrected chi connectivity index (χ2v) is 8.91. The molecule has 34 heavy (non-hydrogen) atoms. The highest BCUT2D eigenvalue weighted by molar-refractivity contribution is 5.99. The first-order valence-electron chi connectivity index (χ1n) is 11.3. The number of hydrogen-bond acceptors (Lipinski definition) is 7. The maximum Gasteiger partial charge on any atom is 0.450 e. The summed E-state index contributed by atoms with van der Waals surface area (Å²) >= 11 is 0. The molecule has 4 heterocycles. The van der Waals surface area contributed by atoms with Crippen molar-refractivity contribution in [3.63, 3.8) is 0 Å². The summed E-state index contributed by atoms with van der Waals surface area (Å²) in [5.41, 5.74) is 6.50. The van der Waals surface area contributed by atoms with E-state index in [4.69, 9.17) is 15.1 Å². The summed E-state index contributed by atoms with van der Waals surface area (Å²) in [4.78, 5) is 21.6. The van der Waals surface area contributed by atoms with Crippen molar-refractivity contribution in [2.24, 2.45) is 15.8 Å². The van der Waals surface area contributed by atoms with E-state index in [1.54, 1.807) is 12.3 Å². The molecule has 1 aromatic heterocycles. The first-order chi connectivity index (χ1) is 16.1. The van der Waals surface area contributed by atoms with E-state index < -0.39 is 29.4 Å². The molecule has 1 amide bonds. The van der Waals surface area contributed by atoms with Crippen molar-refractivity contribution in [3.05, 3.63) is 46.8 Å². The Morgan fingerprint density at radius 1 is 1.29 bits per heavy atom.